The molecule has 3 nitrogen and oxygen atoms in total. The Kier molecular flexibility index (Phi) is 3.79. The van der Waals surface area contributed by atoms with Crippen LogP contribution in [0.2, 0.25) is 0 Å². The molecule has 2 fully saturated rings. The molecule has 2 aliphatic heterocycles. The Morgan fingerprint density at radius 2 is 2.21 bits per heavy atom. The van der Waals surface area contributed by atoms with Crippen LogP contribution in [0.15, 0.2) is 0 Å². The smallest absolute Gasteiger partial charge is 0.0495 e. The zero-order valence-electron chi connectivity index (χ0n) is 8.82. The van der Waals surface area contributed by atoms with E-state index in [2.05, 4.69) is 4.90 Å². The number of aliphatic hydroxyl groups is 1. The fourth-order valence-electron chi connectivity index (χ4n) is 2.44. The van der Waals surface area contributed by atoms with Crippen LogP contribution in [0, 0.1) is 11.8 Å². The molecular weight excluding hydrogens is 178 g/mol. The molecule has 0 spiro atoms. The largest absolute Gasteiger partial charge is 0.396 e. The van der Waals surface area contributed by atoms with E-state index >= 15 is 0 Å². The molecule has 0 aromatic rings. The van der Waals surface area contributed by atoms with E-state index in [1.165, 1.54) is 32.4 Å². The normalized spacial score (nSPS) is 34.1. The third-order valence-corrected chi connectivity index (χ3v) is 3.51. The molecule has 82 valence electrons. The van der Waals surface area contributed by atoms with Crippen LogP contribution in [0.5, 0.6) is 0 Å². The second-order valence-electron chi connectivity index (χ2n) is 4.66. The number of hydrogen-bond acceptors (Lipinski definition) is 3. The molecule has 14 heavy (non-hydrogen) atoms. The van der Waals surface area contributed by atoms with Crippen molar-refractivity contribution in [3.05, 3.63) is 0 Å². The first kappa shape index (κ1) is 10.4. The quantitative estimate of drug-likeness (QED) is 0.724. The van der Waals surface area contributed by atoms with Crippen molar-refractivity contribution in [1.29, 1.82) is 0 Å². The SMILES string of the molecule is OCC1CCN(CCC2CCOC2)C1. The van der Waals surface area contributed by atoms with Gasteiger partial charge in [0.25, 0.3) is 0 Å². The Balaban J connectivity index is 1.61. The van der Waals surface area contributed by atoms with E-state index in [-0.39, 0.29) is 0 Å². The summed E-state index contributed by atoms with van der Waals surface area (Å²) < 4.78 is 5.36. The lowest BCUT2D eigenvalue weighted by molar-refractivity contribution is 0.178. The van der Waals surface area contributed by atoms with Crippen LogP contribution in [0.3, 0.4) is 0 Å². The van der Waals surface area contributed by atoms with Crippen molar-refractivity contribution in [2.75, 3.05) is 39.5 Å². The van der Waals surface area contributed by atoms with Gasteiger partial charge in [-0.05, 0) is 44.2 Å². The summed E-state index contributed by atoms with van der Waals surface area (Å²) in [6, 6.07) is 0. The maximum atomic E-state index is 9.02. The third-order valence-electron chi connectivity index (χ3n) is 3.51. The fourth-order valence-corrected chi connectivity index (χ4v) is 2.44. The van der Waals surface area contributed by atoms with Crippen LogP contribution in [0.25, 0.3) is 0 Å². The summed E-state index contributed by atoms with van der Waals surface area (Å²) in [6.07, 6.45) is 3.70. The monoisotopic (exact) mass is 199 g/mol. The van der Waals surface area contributed by atoms with E-state index in [4.69, 9.17) is 9.84 Å². The first-order valence-corrected chi connectivity index (χ1v) is 5.79. The van der Waals surface area contributed by atoms with Crippen LogP contribution >= 0.6 is 0 Å². The molecule has 0 aromatic carbocycles. The Hall–Kier alpha value is -0.120. The van der Waals surface area contributed by atoms with Crippen LogP contribution in [-0.2, 0) is 4.74 Å². The summed E-state index contributed by atoms with van der Waals surface area (Å²) in [5.41, 5.74) is 0. The van der Waals surface area contributed by atoms with Gasteiger partial charge in [-0.2, -0.15) is 0 Å². The topological polar surface area (TPSA) is 32.7 Å². The van der Waals surface area contributed by atoms with Gasteiger partial charge < -0.3 is 14.7 Å². The molecule has 3 heteroatoms. The number of aliphatic hydroxyl groups excluding tert-OH is 1. The highest BCUT2D eigenvalue weighted by Gasteiger charge is 2.23. The first-order valence-electron chi connectivity index (χ1n) is 5.79. The van der Waals surface area contributed by atoms with E-state index in [0.717, 1.165) is 25.7 Å². The number of hydrogen-bond donors (Lipinski definition) is 1. The van der Waals surface area contributed by atoms with Crippen LogP contribution in [0.4, 0.5) is 0 Å². The lowest BCUT2D eigenvalue weighted by Gasteiger charge is -2.17. The summed E-state index contributed by atoms with van der Waals surface area (Å²) in [4.78, 5) is 2.49. The van der Waals surface area contributed by atoms with Gasteiger partial charge in [-0.1, -0.05) is 0 Å². The van der Waals surface area contributed by atoms with Crippen molar-refractivity contribution in [2.24, 2.45) is 11.8 Å². The Morgan fingerprint density at radius 3 is 2.86 bits per heavy atom. The zero-order chi connectivity index (χ0) is 9.80. The third kappa shape index (κ3) is 2.69. The lowest BCUT2D eigenvalue weighted by Crippen LogP contribution is -2.24. The highest BCUT2D eigenvalue weighted by atomic mass is 16.5. The maximum absolute atomic E-state index is 9.02. The van der Waals surface area contributed by atoms with E-state index < -0.39 is 0 Å². The average Bonchev–Trinajstić information content (AvgIpc) is 2.86. The van der Waals surface area contributed by atoms with Gasteiger partial charge in [0.1, 0.15) is 0 Å². The first-order chi connectivity index (χ1) is 6.88. The van der Waals surface area contributed by atoms with Crippen molar-refractivity contribution < 1.29 is 9.84 Å². The molecule has 0 radical (unpaired) electrons. The van der Waals surface area contributed by atoms with E-state index in [1.807, 2.05) is 0 Å². The highest BCUT2D eigenvalue weighted by Crippen LogP contribution is 2.20. The Bertz CT molecular complexity index is 169. The van der Waals surface area contributed by atoms with Gasteiger partial charge in [0.2, 0.25) is 0 Å². The molecule has 2 aliphatic rings. The predicted molar refractivity (Wildman–Crippen MR) is 55.2 cm³/mol. The molecule has 0 amide bonds. The van der Waals surface area contributed by atoms with E-state index in [0.29, 0.717) is 12.5 Å². The fraction of sp³-hybridized carbons (Fsp3) is 1.00. The summed E-state index contributed by atoms with van der Waals surface area (Å²) in [5.74, 6) is 1.33. The number of rotatable bonds is 4. The van der Waals surface area contributed by atoms with Crippen molar-refractivity contribution in [1.82, 2.24) is 4.90 Å². The molecule has 2 rings (SSSR count). The molecule has 0 bridgehead atoms. The molecule has 0 aliphatic carbocycles. The molecule has 0 aromatic heterocycles. The van der Waals surface area contributed by atoms with Gasteiger partial charge in [-0.3, -0.25) is 0 Å². The maximum Gasteiger partial charge on any atom is 0.0495 e. The number of likely N-dealkylation sites (tertiary alicyclic amines) is 1. The van der Waals surface area contributed by atoms with Gasteiger partial charge in [0.05, 0.1) is 0 Å². The molecule has 2 atom stereocenters. The highest BCUT2D eigenvalue weighted by molar-refractivity contribution is 4.76. The van der Waals surface area contributed by atoms with Crippen LogP contribution in [0.1, 0.15) is 19.3 Å². The summed E-state index contributed by atoms with van der Waals surface area (Å²) in [7, 11) is 0. The second-order valence-corrected chi connectivity index (χ2v) is 4.66. The minimum atomic E-state index is 0.364. The molecule has 2 unspecified atom stereocenters. The minimum Gasteiger partial charge on any atom is -0.396 e. The second kappa shape index (κ2) is 5.10. The Morgan fingerprint density at radius 1 is 1.29 bits per heavy atom. The van der Waals surface area contributed by atoms with Crippen molar-refractivity contribution in [3.63, 3.8) is 0 Å². The van der Waals surface area contributed by atoms with Crippen molar-refractivity contribution >= 4 is 0 Å². The van der Waals surface area contributed by atoms with Gasteiger partial charge in [-0.25, -0.2) is 0 Å². The molecule has 2 heterocycles. The van der Waals surface area contributed by atoms with E-state index in [1.54, 1.807) is 0 Å². The van der Waals surface area contributed by atoms with Gasteiger partial charge in [0, 0.05) is 26.4 Å². The standard InChI is InChI=1S/C11H21NO2/c13-8-11-2-5-12(7-11)4-1-10-3-6-14-9-10/h10-11,13H,1-9H2. The summed E-state index contributed by atoms with van der Waals surface area (Å²) in [6.45, 7) is 5.78. The molecule has 0 saturated carbocycles. The van der Waals surface area contributed by atoms with Gasteiger partial charge in [0.15, 0.2) is 0 Å². The average molecular weight is 199 g/mol. The van der Waals surface area contributed by atoms with E-state index in [9.17, 15) is 0 Å². The summed E-state index contributed by atoms with van der Waals surface area (Å²) in [5, 5.41) is 9.02. The summed E-state index contributed by atoms with van der Waals surface area (Å²) >= 11 is 0. The zero-order valence-corrected chi connectivity index (χ0v) is 8.82. The number of nitrogens with zero attached hydrogens (tertiary/aromatic N) is 1. The lowest BCUT2D eigenvalue weighted by atomic mass is 10.1. The Labute approximate surface area is 86.0 Å². The minimum absolute atomic E-state index is 0.364. The molecule has 1 N–H and O–H groups in total. The van der Waals surface area contributed by atoms with Crippen molar-refractivity contribution in [3.8, 4) is 0 Å². The van der Waals surface area contributed by atoms with Gasteiger partial charge in [-0.15, -0.1) is 0 Å². The molecular formula is C11H21NO2. The predicted octanol–water partition coefficient (Wildman–Crippen LogP) is 0.727. The molecule has 2 saturated heterocycles. The van der Waals surface area contributed by atoms with Gasteiger partial charge >= 0.3 is 0 Å². The van der Waals surface area contributed by atoms with Crippen LogP contribution in [-0.4, -0.2) is 49.5 Å². The van der Waals surface area contributed by atoms with Crippen LogP contribution < -0.4 is 0 Å². The number of ether oxygens (including phenoxy) is 1. The van der Waals surface area contributed by atoms with Crippen molar-refractivity contribution in [2.45, 2.75) is 19.3 Å².